The number of para-hydroxylation sites is 2. The van der Waals surface area contributed by atoms with E-state index in [9.17, 15) is 8.42 Å². The van der Waals surface area contributed by atoms with Crippen molar-refractivity contribution in [3.8, 4) is 0 Å². The Morgan fingerprint density at radius 1 is 0.609 bits per heavy atom. The number of hydrogen-bond acceptors (Lipinski definition) is 3. The Morgan fingerprint density at radius 2 is 0.957 bits per heavy atom. The fraction of sp³-hybridized carbons (Fsp3) is 0. The van der Waals surface area contributed by atoms with Crippen molar-refractivity contribution in [2.45, 2.75) is 4.90 Å². The molecule has 0 atom stereocenters. The molecule has 0 aliphatic rings. The van der Waals surface area contributed by atoms with Crippen molar-refractivity contribution in [2.75, 3.05) is 5.32 Å². The van der Waals surface area contributed by atoms with Crippen LogP contribution in [0, 0.1) is 0 Å². The van der Waals surface area contributed by atoms with E-state index in [1.807, 2.05) is 60.7 Å². The molecule has 0 spiro atoms. The number of nitrogens with one attached hydrogen (secondary N) is 1. The number of benzene rings is 3. The second-order valence-corrected chi connectivity index (χ2v) is 6.07. The molecule has 0 bridgehead atoms. The van der Waals surface area contributed by atoms with Crippen LogP contribution in [0.15, 0.2) is 95.9 Å². The van der Waals surface area contributed by atoms with Crippen LogP contribution >= 0.6 is 0 Å². The number of hydrogen-bond donors (Lipinski definition) is 2. The van der Waals surface area contributed by atoms with Gasteiger partial charge in [0.05, 0.1) is 4.90 Å². The summed E-state index contributed by atoms with van der Waals surface area (Å²) < 4.78 is 29.2. The Morgan fingerprint density at radius 3 is 1.26 bits per heavy atom. The summed E-state index contributed by atoms with van der Waals surface area (Å²) in [4.78, 5) is -0.0741. The Hall–Kier alpha value is -2.63. The van der Waals surface area contributed by atoms with Gasteiger partial charge in [-0.2, -0.15) is 8.42 Å². The third-order valence-corrected chi connectivity index (χ3v) is 3.75. The van der Waals surface area contributed by atoms with Crippen LogP contribution in [0.1, 0.15) is 0 Å². The second kappa shape index (κ2) is 8.12. The molecule has 0 unspecified atom stereocenters. The molecule has 0 saturated carbocycles. The van der Waals surface area contributed by atoms with Gasteiger partial charge in [-0.3, -0.25) is 4.55 Å². The normalized spacial score (nSPS) is 10.3. The van der Waals surface area contributed by atoms with E-state index in [4.69, 9.17) is 4.55 Å². The summed E-state index contributed by atoms with van der Waals surface area (Å²) in [5, 5.41) is 3.30. The van der Waals surface area contributed by atoms with Crippen LogP contribution in [-0.4, -0.2) is 13.0 Å². The summed E-state index contributed by atoms with van der Waals surface area (Å²) in [6.07, 6.45) is 0. The maximum atomic E-state index is 10.4. The predicted octanol–water partition coefficient (Wildman–Crippen LogP) is 4.36. The van der Waals surface area contributed by atoms with Gasteiger partial charge in [-0.15, -0.1) is 0 Å². The average Bonchev–Trinajstić information content (AvgIpc) is 2.57. The van der Waals surface area contributed by atoms with Gasteiger partial charge >= 0.3 is 0 Å². The molecule has 3 aromatic rings. The van der Waals surface area contributed by atoms with Crippen molar-refractivity contribution in [2.24, 2.45) is 0 Å². The number of rotatable bonds is 3. The van der Waals surface area contributed by atoms with Gasteiger partial charge in [0, 0.05) is 11.4 Å². The van der Waals surface area contributed by atoms with Crippen LogP contribution < -0.4 is 5.32 Å². The highest BCUT2D eigenvalue weighted by atomic mass is 32.2. The molecule has 23 heavy (non-hydrogen) atoms. The topological polar surface area (TPSA) is 66.4 Å². The molecule has 3 aromatic carbocycles. The minimum atomic E-state index is -4.00. The third kappa shape index (κ3) is 5.94. The largest absolute Gasteiger partial charge is 0.356 e. The molecular weight excluding hydrogens is 310 g/mol. The van der Waals surface area contributed by atoms with Gasteiger partial charge in [0.2, 0.25) is 0 Å². The lowest BCUT2D eigenvalue weighted by Gasteiger charge is -2.04. The lowest BCUT2D eigenvalue weighted by molar-refractivity contribution is 0.483. The van der Waals surface area contributed by atoms with Crippen LogP contribution in [0.3, 0.4) is 0 Å². The third-order valence-electron chi connectivity index (χ3n) is 2.88. The number of anilines is 2. The molecule has 0 aromatic heterocycles. The lowest BCUT2D eigenvalue weighted by Crippen LogP contribution is -1.96. The van der Waals surface area contributed by atoms with Gasteiger partial charge in [-0.05, 0) is 36.4 Å². The van der Waals surface area contributed by atoms with Gasteiger partial charge in [-0.25, -0.2) is 0 Å². The monoisotopic (exact) mass is 327 g/mol. The van der Waals surface area contributed by atoms with Crippen LogP contribution in [-0.2, 0) is 10.1 Å². The Balaban J connectivity index is 0.000000174. The van der Waals surface area contributed by atoms with Crippen molar-refractivity contribution in [3.05, 3.63) is 91.0 Å². The lowest BCUT2D eigenvalue weighted by atomic mass is 10.3. The Kier molecular flexibility index (Phi) is 5.91. The molecule has 118 valence electrons. The SMILES string of the molecule is O=S(=O)(O)c1ccccc1.c1ccc(Nc2ccccc2)cc1. The van der Waals surface area contributed by atoms with Gasteiger partial charge in [0.15, 0.2) is 0 Å². The smallest absolute Gasteiger partial charge is 0.294 e. The molecule has 0 aliphatic heterocycles. The first-order chi connectivity index (χ1) is 11.1. The molecule has 0 aliphatic carbocycles. The van der Waals surface area contributed by atoms with E-state index >= 15 is 0 Å². The zero-order valence-corrected chi connectivity index (χ0v) is 13.1. The van der Waals surface area contributed by atoms with Gasteiger partial charge < -0.3 is 5.32 Å². The fourth-order valence-electron chi connectivity index (χ4n) is 1.80. The Labute approximate surface area is 136 Å². The first kappa shape index (κ1) is 16.7. The van der Waals surface area contributed by atoms with Crippen molar-refractivity contribution in [3.63, 3.8) is 0 Å². The zero-order chi connectivity index (χ0) is 16.5. The zero-order valence-electron chi connectivity index (χ0n) is 12.3. The van der Waals surface area contributed by atoms with E-state index in [0.29, 0.717) is 0 Å². The summed E-state index contributed by atoms with van der Waals surface area (Å²) in [5.74, 6) is 0. The fourth-order valence-corrected chi connectivity index (χ4v) is 2.30. The maximum absolute atomic E-state index is 10.4. The van der Waals surface area contributed by atoms with Crippen molar-refractivity contribution in [1.82, 2.24) is 0 Å². The molecule has 2 N–H and O–H groups in total. The first-order valence-electron chi connectivity index (χ1n) is 6.95. The minimum absolute atomic E-state index is 0.0741. The maximum Gasteiger partial charge on any atom is 0.294 e. The molecule has 0 heterocycles. The summed E-state index contributed by atoms with van der Waals surface area (Å²) in [5.41, 5.74) is 2.24. The van der Waals surface area contributed by atoms with Gasteiger partial charge in [0.1, 0.15) is 0 Å². The van der Waals surface area contributed by atoms with E-state index in [0.717, 1.165) is 11.4 Å². The summed E-state index contributed by atoms with van der Waals surface area (Å²) in [6.45, 7) is 0. The molecule has 0 saturated heterocycles. The van der Waals surface area contributed by atoms with Gasteiger partial charge in [0.25, 0.3) is 10.1 Å². The van der Waals surface area contributed by atoms with Crippen LogP contribution in [0.4, 0.5) is 11.4 Å². The van der Waals surface area contributed by atoms with E-state index in [1.165, 1.54) is 12.1 Å². The molecule has 3 rings (SSSR count). The molecule has 4 nitrogen and oxygen atoms in total. The molecule has 0 radical (unpaired) electrons. The Bertz CT molecular complexity index is 767. The van der Waals surface area contributed by atoms with Gasteiger partial charge in [-0.1, -0.05) is 54.6 Å². The minimum Gasteiger partial charge on any atom is -0.356 e. The molecule has 0 amide bonds. The highest BCUT2D eigenvalue weighted by Crippen LogP contribution is 2.14. The van der Waals surface area contributed by atoms with Crippen molar-refractivity contribution in [1.29, 1.82) is 0 Å². The van der Waals surface area contributed by atoms with E-state index in [-0.39, 0.29) is 4.90 Å². The average molecular weight is 327 g/mol. The van der Waals surface area contributed by atoms with Crippen LogP contribution in [0.25, 0.3) is 0 Å². The van der Waals surface area contributed by atoms with Crippen LogP contribution in [0.2, 0.25) is 0 Å². The van der Waals surface area contributed by atoms with E-state index in [1.54, 1.807) is 18.2 Å². The van der Waals surface area contributed by atoms with E-state index < -0.39 is 10.1 Å². The summed E-state index contributed by atoms with van der Waals surface area (Å²) >= 11 is 0. The summed E-state index contributed by atoms with van der Waals surface area (Å²) in [6, 6.07) is 27.7. The summed E-state index contributed by atoms with van der Waals surface area (Å²) in [7, 11) is -4.00. The standard InChI is InChI=1S/C12H11N.C6H6O3S/c1-3-7-11(8-4-1)13-12-9-5-2-6-10-12;7-10(8,9)6-4-2-1-3-5-6/h1-10,13H;1-5H,(H,7,8,9). The first-order valence-corrected chi connectivity index (χ1v) is 8.39. The highest BCUT2D eigenvalue weighted by Gasteiger charge is 2.05. The predicted molar refractivity (Wildman–Crippen MR) is 92.4 cm³/mol. The molecule has 0 fully saturated rings. The molecular formula is C18H17NO3S. The highest BCUT2D eigenvalue weighted by molar-refractivity contribution is 7.85. The van der Waals surface area contributed by atoms with Crippen molar-refractivity contribution >= 4 is 21.5 Å². The van der Waals surface area contributed by atoms with Crippen LogP contribution in [0.5, 0.6) is 0 Å². The van der Waals surface area contributed by atoms with Crippen molar-refractivity contribution < 1.29 is 13.0 Å². The quantitative estimate of drug-likeness (QED) is 0.701. The molecule has 5 heteroatoms. The van der Waals surface area contributed by atoms with E-state index in [2.05, 4.69) is 5.32 Å². The second-order valence-electron chi connectivity index (χ2n) is 4.65.